The van der Waals surface area contributed by atoms with Gasteiger partial charge in [0.1, 0.15) is 16.5 Å². The summed E-state index contributed by atoms with van der Waals surface area (Å²) < 4.78 is 5.66. The van der Waals surface area contributed by atoms with E-state index in [-0.39, 0.29) is 16.5 Å². The van der Waals surface area contributed by atoms with E-state index in [0.717, 1.165) is 12.8 Å². The van der Waals surface area contributed by atoms with Gasteiger partial charge in [0.15, 0.2) is 0 Å². The van der Waals surface area contributed by atoms with Crippen LogP contribution in [0.3, 0.4) is 0 Å². The number of amides is 1. The maximum Gasteiger partial charge on any atom is 0.301 e. The predicted octanol–water partition coefficient (Wildman–Crippen LogP) is 4.05. The molecule has 0 bridgehead atoms. The molecule has 0 aliphatic carbocycles. The molecule has 1 unspecified atom stereocenters. The molecule has 164 valence electrons. The highest BCUT2D eigenvalue weighted by Crippen LogP contribution is 2.42. The molecule has 4 rings (SSSR count). The van der Waals surface area contributed by atoms with Gasteiger partial charge in [-0.25, -0.2) is 0 Å². The van der Waals surface area contributed by atoms with Gasteiger partial charge in [0, 0.05) is 18.0 Å². The number of nitrogens with zero attached hydrogens (tertiary/aromatic N) is 4. The minimum Gasteiger partial charge on any atom is -0.507 e. The van der Waals surface area contributed by atoms with Crippen molar-refractivity contribution in [1.29, 1.82) is 0 Å². The number of hydrogen-bond donors (Lipinski definition) is 1. The average Bonchev–Trinajstić information content (AvgIpc) is 3.35. The summed E-state index contributed by atoms with van der Waals surface area (Å²) in [4.78, 5) is 31.4. The van der Waals surface area contributed by atoms with Crippen molar-refractivity contribution in [2.24, 2.45) is 0 Å². The van der Waals surface area contributed by atoms with Crippen molar-refractivity contribution in [1.82, 2.24) is 15.2 Å². The van der Waals surface area contributed by atoms with Crippen LogP contribution in [0.2, 0.25) is 0 Å². The molecule has 9 heteroatoms. The summed E-state index contributed by atoms with van der Waals surface area (Å²) >= 11 is 1.20. The molecule has 0 radical (unpaired) electrons. The highest BCUT2D eigenvalue weighted by molar-refractivity contribution is 7.15. The second-order valence-electron chi connectivity index (χ2n) is 7.29. The van der Waals surface area contributed by atoms with E-state index in [1.165, 1.54) is 16.2 Å². The lowest BCUT2D eigenvalue weighted by Crippen LogP contribution is -2.29. The highest BCUT2D eigenvalue weighted by Gasteiger charge is 2.48. The van der Waals surface area contributed by atoms with Gasteiger partial charge in [-0.05, 0) is 49.2 Å². The van der Waals surface area contributed by atoms with E-state index in [1.54, 1.807) is 55.7 Å². The first-order chi connectivity index (χ1) is 15.5. The summed E-state index contributed by atoms with van der Waals surface area (Å²) in [5.74, 6) is -1.15. The van der Waals surface area contributed by atoms with Crippen LogP contribution in [-0.2, 0) is 9.59 Å². The molecule has 32 heavy (non-hydrogen) atoms. The summed E-state index contributed by atoms with van der Waals surface area (Å²) in [6.07, 6.45) is 5.14. The van der Waals surface area contributed by atoms with Crippen LogP contribution in [0, 0.1) is 6.92 Å². The molecule has 1 amide bonds. The number of anilines is 1. The van der Waals surface area contributed by atoms with Crippen molar-refractivity contribution >= 4 is 33.9 Å². The van der Waals surface area contributed by atoms with Crippen LogP contribution < -0.4 is 9.64 Å². The Labute approximate surface area is 189 Å². The first kappa shape index (κ1) is 21.6. The van der Waals surface area contributed by atoms with Crippen molar-refractivity contribution in [3.63, 3.8) is 0 Å². The number of carbonyl (C=O) groups is 2. The van der Waals surface area contributed by atoms with Crippen molar-refractivity contribution in [3.8, 4) is 5.75 Å². The van der Waals surface area contributed by atoms with E-state index < -0.39 is 17.7 Å². The third-order valence-corrected chi connectivity index (χ3v) is 5.90. The number of ether oxygens (including phenoxy) is 1. The first-order valence-electron chi connectivity index (χ1n) is 10.3. The molecule has 1 fully saturated rings. The molecule has 1 aliphatic heterocycles. The van der Waals surface area contributed by atoms with Crippen molar-refractivity contribution in [3.05, 3.63) is 70.5 Å². The third kappa shape index (κ3) is 4.11. The zero-order chi connectivity index (χ0) is 22.7. The van der Waals surface area contributed by atoms with Gasteiger partial charge < -0.3 is 9.84 Å². The molecule has 0 spiro atoms. The molecule has 1 saturated heterocycles. The van der Waals surface area contributed by atoms with E-state index in [2.05, 4.69) is 22.1 Å². The van der Waals surface area contributed by atoms with Crippen LogP contribution in [0.15, 0.2) is 54.4 Å². The summed E-state index contributed by atoms with van der Waals surface area (Å²) in [7, 11) is 0. The quantitative estimate of drug-likeness (QED) is 0.251. The van der Waals surface area contributed by atoms with Gasteiger partial charge in [0.2, 0.25) is 5.13 Å². The van der Waals surface area contributed by atoms with E-state index in [9.17, 15) is 14.7 Å². The number of aliphatic hydroxyl groups is 1. The molecular weight excluding hydrogens is 428 g/mol. The first-order valence-corrected chi connectivity index (χ1v) is 11.1. The highest BCUT2D eigenvalue weighted by atomic mass is 32.1. The van der Waals surface area contributed by atoms with Crippen LogP contribution >= 0.6 is 11.3 Å². The van der Waals surface area contributed by atoms with Crippen molar-refractivity contribution in [2.45, 2.75) is 32.7 Å². The molecule has 1 N–H and O–H groups in total. The van der Waals surface area contributed by atoms with Crippen LogP contribution in [-0.4, -0.2) is 38.6 Å². The number of benzene rings is 1. The zero-order valence-electron chi connectivity index (χ0n) is 17.7. The Hall–Kier alpha value is -3.59. The molecule has 0 saturated carbocycles. The zero-order valence-corrected chi connectivity index (χ0v) is 18.5. The maximum absolute atomic E-state index is 13.0. The van der Waals surface area contributed by atoms with Gasteiger partial charge in [-0.1, -0.05) is 30.7 Å². The maximum atomic E-state index is 13.0. The summed E-state index contributed by atoms with van der Waals surface area (Å²) in [6, 6.07) is 9.39. The van der Waals surface area contributed by atoms with Gasteiger partial charge in [0.05, 0.1) is 18.2 Å². The second-order valence-corrected chi connectivity index (χ2v) is 8.45. The van der Waals surface area contributed by atoms with E-state index in [0.29, 0.717) is 28.5 Å². The lowest BCUT2D eigenvalue weighted by Gasteiger charge is -2.22. The van der Waals surface area contributed by atoms with Crippen LogP contribution in [0.4, 0.5) is 5.13 Å². The average molecular weight is 451 g/mol. The summed E-state index contributed by atoms with van der Waals surface area (Å²) in [5, 5.41) is 20.1. The molecule has 1 aromatic carbocycles. The third-order valence-electron chi connectivity index (χ3n) is 5.06. The fourth-order valence-corrected chi connectivity index (χ4v) is 4.18. The van der Waals surface area contributed by atoms with Gasteiger partial charge >= 0.3 is 5.91 Å². The van der Waals surface area contributed by atoms with E-state index in [4.69, 9.17) is 4.74 Å². The number of unbranched alkanes of at least 4 members (excludes halogenated alkanes) is 1. The largest absolute Gasteiger partial charge is 0.507 e. The lowest BCUT2D eigenvalue weighted by molar-refractivity contribution is -0.132. The Bertz CT molecular complexity index is 1160. The van der Waals surface area contributed by atoms with Crippen molar-refractivity contribution < 1.29 is 19.4 Å². The number of aromatic nitrogens is 3. The Morgan fingerprint density at radius 3 is 2.59 bits per heavy atom. The molecule has 2 aromatic heterocycles. The number of hydrogen-bond acceptors (Lipinski definition) is 8. The van der Waals surface area contributed by atoms with Gasteiger partial charge in [-0.2, -0.15) is 0 Å². The molecule has 3 aromatic rings. The molecule has 1 aliphatic rings. The van der Waals surface area contributed by atoms with Gasteiger partial charge in [-0.15, -0.1) is 10.2 Å². The monoisotopic (exact) mass is 450 g/mol. The molecule has 3 heterocycles. The van der Waals surface area contributed by atoms with E-state index >= 15 is 0 Å². The number of ketones is 1. The topological polar surface area (TPSA) is 106 Å². The fraction of sp³-hybridized carbons (Fsp3) is 0.261. The number of aryl methyl sites for hydroxylation is 1. The second kappa shape index (κ2) is 9.27. The summed E-state index contributed by atoms with van der Waals surface area (Å²) in [5.41, 5.74) is 0.976. The van der Waals surface area contributed by atoms with Crippen molar-refractivity contribution in [2.75, 3.05) is 11.5 Å². The van der Waals surface area contributed by atoms with Crippen LogP contribution in [0.5, 0.6) is 5.75 Å². The number of carbonyl (C=O) groups excluding carboxylic acids is 2. The lowest BCUT2D eigenvalue weighted by atomic mass is 9.96. The van der Waals surface area contributed by atoms with E-state index in [1.807, 2.05) is 0 Å². The predicted molar refractivity (Wildman–Crippen MR) is 121 cm³/mol. The number of rotatable bonds is 7. The molecule has 8 nitrogen and oxygen atoms in total. The SMILES string of the molecule is CCCCOc1ccc(/C(O)=C2/C(=O)C(=O)N(c3nnc(C)s3)C2c2cccnc2)cc1. The summed E-state index contributed by atoms with van der Waals surface area (Å²) in [6.45, 7) is 4.46. The molecule has 1 atom stereocenters. The molecular formula is C23H22N4O4S. The Balaban J connectivity index is 1.77. The standard InChI is InChI=1S/C23H22N4O4S/c1-3-4-12-31-17-9-7-15(8-10-17)20(28)18-19(16-6-5-11-24-13-16)27(22(30)21(18)29)23-26-25-14(2)32-23/h5-11,13,19,28H,3-4,12H2,1-2H3/b20-18-. The fourth-order valence-electron chi connectivity index (χ4n) is 3.47. The normalized spacial score (nSPS) is 17.7. The number of Topliss-reactive ketones (excluding diaryl/α,β-unsaturated/α-hetero) is 1. The Morgan fingerprint density at radius 1 is 1.19 bits per heavy atom. The van der Waals surface area contributed by atoms with Gasteiger partial charge in [-0.3, -0.25) is 19.5 Å². The minimum atomic E-state index is -0.864. The number of pyridine rings is 1. The minimum absolute atomic E-state index is 0.0181. The van der Waals surface area contributed by atoms with Gasteiger partial charge in [0.25, 0.3) is 5.78 Å². The Kier molecular flexibility index (Phi) is 6.27. The number of aliphatic hydroxyl groups excluding tert-OH is 1. The van der Waals surface area contributed by atoms with Crippen LogP contribution in [0.1, 0.15) is 41.9 Å². The Morgan fingerprint density at radius 2 is 1.97 bits per heavy atom. The van der Waals surface area contributed by atoms with Crippen LogP contribution in [0.25, 0.3) is 5.76 Å². The smallest absolute Gasteiger partial charge is 0.301 e.